The number of Topliss-reactive ketones (excluding diaryl/α,β-unsaturated/α-hetero) is 2. The molecule has 35 heavy (non-hydrogen) atoms. The number of fused-ring (bicyclic) bond motifs is 1. The Hall–Kier alpha value is -1.81. The van der Waals surface area contributed by atoms with E-state index in [0.29, 0.717) is 45.5 Å². The molecular formula is C25H34ClN3O6. The molecule has 2 spiro atoms. The number of methoxy groups -OCH3 is 1. The van der Waals surface area contributed by atoms with E-state index in [2.05, 4.69) is 21.9 Å². The average molecular weight is 508 g/mol. The summed E-state index contributed by atoms with van der Waals surface area (Å²) in [4.78, 5) is 38.5. The third-order valence-corrected chi connectivity index (χ3v) is 8.60. The number of likely N-dealkylation sites (tertiary alicyclic amines) is 1. The van der Waals surface area contributed by atoms with Crippen molar-refractivity contribution in [2.75, 3.05) is 40.5 Å². The van der Waals surface area contributed by atoms with Crippen LogP contribution < -0.4 is 9.47 Å². The van der Waals surface area contributed by atoms with Crippen LogP contribution in [0.1, 0.15) is 68.4 Å². The fourth-order valence-corrected chi connectivity index (χ4v) is 6.70. The third kappa shape index (κ3) is 4.24. The predicted molar refractivity (Wildman–Crippen MR) is 127 cm³/mol. The summed E-state index contributed by atoms with van der Waals surface area (Å²) in [5.41, 5.74) is -0.803. The molecule has 2 aliphatic carbocycles. The second-order valence-electron chi connectivity index (χ2n) is 10.2. The molecule has 2 aliphatic heterocycles. The molecule has 0 N–H and O–H groups in total. The lowest BCUT2D eigenvalue weighted by Crippen LogP contribution is -2.60. The maximum atomic E-state index is 14.0. The van der Waals surface area contributed by atoms with Crippen LogP contribution in [0.2, 0.25) is 5.15 Å². The van der Waals surface area contributed by atoms with Crippen molar-refractivity contribution in [1.29, 1.82) is 0 Å². The summed E-state index contributed by atoms with van der Waals surface area (Å²) in [5.74, 6) is -2.11. The Morgan fingerprint density at radius 1 is 1.11 bits per heavy atom. The van der Waals surface area contributed by atoms with E-state index in [4.69, 9.17) is 30.5 Å². The highest BCUT2D eigenvalue weighted by molar-refractivity contribution is 6.31. The summed E-state index contributed by atoms with van der Waals surface area (Å²) >= 11 is 6.38. The van der Waals surface area contributed by atoms with Crippen molar-refractivity contribution in [3.8, 4) is 11.6 Å². The van der Waals surface area contributed by atoms with Gasteiger partial charge in [0.05, 0.1) is 31.7 Å². The molecule has 10 heteroatoms. The number of carbonyl (C=O) groups excluding carboxylic acids is 2. The number of aromatic nitrogens is 2. The van der Waals surface area contributed by atoms with E-state index in [1.165, 1.54) is 7.11 Å². The minimum absolute atomic E-state index is 0.00445. The quantitative estimate of drug-likeness (QED) is 0.325. The Morgan fingerprint density at radius 2 is 1.86 bits per heavy atom. The minimum Gasteiger partial charge on any atom is -0.489 e. The van der Waals surface area contributed by atoms with Gasteiger partial charge in [-0.15, -0.1) is 0 Å². The smallest absolute Gasteiger partial charge is 0.262 e. The van der Waals surface area contributed by atoms with Crippen LogP contribution in [0.3, 0.4) is 0 Å². The lowest BCUT2D eigenvalue weighted by molar-refractivity contribution is -0.255. The lowest BCUT2D eigenvalue weighted by atomic mass is 9.57. The molecule has 192 valence electrons. The molecule has 5 rings (SSSR count). The molecule has 2 saturated heterocycles. The fourth-order valence-electron chi connectivity index (χ4n) is 6.47. The fraction of sp³-hybridized carbons (Fsp3) is 0.760. The van der Waals surface area contributed by atoms with Crippen molar-refractivity contribution in [2.45, 2.75) is 69.6 Å². The monoisotopic (exact) mass is 507 g/mol. The highest BCUT2D eigenvalue weighted by Gasteiger charge is 2.63. The van der Waals surface area contributed by atoms with Crippen LogP contribution >= 0.6 is 11.6 Å². The van der Waals surface area contributed by atoms with Crippen molar-refractivity contribution in [3.63, 3.8) is 0 Å². The van der Waals surface area contributed by atoms with E-state index in [9.17, 15) is 9.59 Å². The Labute approximate surface area is 210 Å². The SMILES string of the molecule is COc1c(Cl)nc(C(=O)[C@@H]2CCC[C@@]3(CCCCC34OCCO4)C2=O)nc1OC[C@@H]1CCCN1C. The first-order valence-electron chi connectivity index (χ1n) is 12.7. The highest BCUT2D eigenvalue weighted by atomic mass is 35.5. The van der Waals surface area contributed by atoms with Crippen molar-refractivity contribution >= 4 is 23.2 Å². The maximum Gasteiger partial charge on any atom is 0.262 e. The molecule has 0 amide bonds. The van der Waals surface area contributed by atoms with Gasteiger partial charge in [-0.2, -0.15) is 4.98 Å². The number of carbonyl (C=O) groups is 2. The highest BCUT2D eigenvalue weighted by Crippen LogP contribution is 2.56. The summed E-state index contributed by atoms with van der Waals surface area (Å²) in [6, 6.07) is 0.251. The third-order valence-electron chi connectivity index (χ3n) is 8.34. The number of ether oxygens (including phenoxy) is 4. The molecule has 3 heterocycles. The van der Waals surface area contributed by atoms with Crippen LogP contribution in [0.25, 0.3) is 0 Å². The lowest BCUT2D eigenvalue weighted by Gasteiger charge is -2.51. The van der Waals surface area contributed by atoms with Gasteiger partial charge in [-0.3, -0.25) is 9.59 Å². The first-order valence-corrected chi connectivity index (χ1v) is 13.1. The maximum absolute atomic E-state index is 14.0. The average Bonchev–Trinajstić information content (AvgIpc) is 3.50. The van der Waals surface area contributed by atoms with Gasteiger partial charge in [0, 0.05) is 12.5 Å². The summed E-state index contributed by atoms with van der Waals surface area (Å²) in [7, 11) is 3.51. The van der Waals surface area contributed by atoms with Gasteiger partial charge in [0.1, 0.15) is 6.61 Å². The zero-order valence-electron chi connectivity index (χ0n) is 20.5. The van der Waals surface area contributed by atoms with Crippen molar-refractivity contribution < 1.29 is 28.5 Å². The molecule has 0 bridgehead atoms. The van der Waals surface area contributed by atoms with Crippen molar-refractivity contribution in [3.05, 3.63) is 11.0 Å². The van der Waals surface area contributed by atoms with E-state index in [1.807, 2.05) is 0 Å². The standard InChI is InChI=1S/C25H34ClN3O6/c1-29-12-6-7-16(29)15-33-23-19(32-2)21(26)27-22(28-23)18(30)17-8-5-10-24(20(17)31)9-3-4-11-25(24)34-13-14-35-25/h16-17H,3-15H2,1-2H3/t16-,17-,24-/m0/s1. The Morgan fingerprint density at radius 3 is 2.57 bits per heavy atom. The second-order valence-corrected chi connectivity index (χ2v) is 10.5. The zero-order chi connectivity index (χ0) is 24.6. The van der Waals surface area contributed by atoms with Gasteiger partial charge in [0.15, 0.2) is 16.7 Å². The van der Waals surface area contributed by atoms with Crippen LogP contribution in [0, 0.1) is 11.3 Å². The van der Waals surface area contributed by atoms with E-state index in [0.717, 1.165) is 38.6 Å². The normalized spacial score (nSPS) is 30.8. The molecule has 0 unspecified atom stereocenters. The first kappa shape index (κ1) is 24.9. The molecule has 1 aromatic heterocycles. The molecule has 4 fully saturated rings. The van der Waals surface area contributed by atoms with Gasteiger partial charge in [-0.1, -0.05) is 24.4 Å². The molecule has 1 aromatic rings. The van der Waals surface area contributed by atoms with Gasteiger partial charge >= 0.3 is 0 Å². The summed E-state index contributed by atoms with van der Waals surface area (Å²) in [5, 5.41) is -0.00445. The van der Waals surface area contributed by atoms with Gasteiger partial charge < -0.3 is 23.8 Å². The molecule has 4 aliphatic rings. The van der Waals surface area contributed by atoms with Gasteiger partial charge in [-0.05, 0) is 52.1 Å². The summed E-state index contributed by atoms with van der Waals surface area (Å²) < 4.78 is 23.5. The molecule has 0 radical (unpaired) electrons. The van der Waals surface area contributed by atoms with E-state index < -0.39 is 22.9 Å². The predicted octanol–water partition coefficient (Wildman–Crippen LogP) is 3.47. The number of likely N-dealkylation sites (N-methyl/N-ethyl adjacent to an activating group) is 1. The number of hydrogen-bond donors (Lipinski definition) is 0. The molecule has 0 aromatic carbocycles. The summed E-state index contributed by atoms with van der Waals surface area (Å²) in [6.07, 6.45) is 7.19. The van der Waals surface area contributed by atoms with E-state index in [1.54, 1.807) is 0 Å². The van der Waals surface area contributed by atoms with E-state index >= 15 is 0 Å². The topological polar surface area (TPSA) is 100 Å². The Kier molecular flexibility index (Phi) is 7.05. The minimum atomic E-state index is -0.915. The molecule has 9 nitrogen and oxygen atoms in total. The zero-order valence-corrected chi connectivity index (χ0v) is 21.3. The second kappa shape index (κ2) is 9.92. The van der Waals surface area contributed by atoms with Crippen molar-refractivity contribution in [1.82, 2.24) is 14.9 Å². The summed E-state index contributed by atoms with van der Waals surface area (Å²) in [6.45, 7) is 2.36. The number of hydrogen-bond acceptors (Lipinski definition) is 9. The number of nitrogens with zero attached hydrogens (tertiary/aromatic N) is 3. The van der Waals surface area contributed by atoms with Gasteiger partial charge in [0.2, 0.25) is 17.4 Å². The van der Waals surface area contributed by atoms with Gasteiger partial charge in [-0.25, -0.2) is 4.98 Å². The van der Waals surface area contributed by atoms with Gasteiger partial charge in [0.25, 0.3) is 5.88 Å². The Bertz CT molecular complexity index is 980. The van der Waals surface area contributed by atoms with Crippen LogP contribution in [0.4, 0.5) is 0 Å². The number of halogens is 1. The first-order chi connectivity index (χ1) is 16.9. The molecular weight excluding hydrogens is 474 g/mol. The van der Waals surface area contributed by atoms with Crippen LogP contribution in [0.5, 0.6) is 11.6 Å². The van der Waals surface area contributed by atoms with Crippen LogP contribution in [-0.4, -0.2) is 78.8 Å². The Balaban J connectivity index is 1.41. The number of rotatable bonds is 6. The molecule has 3 atom stereocenters. The van der Waals surface area contributed by atoms with E-state index in [-0.39, 0.29) is 34.4 Å². The number of ketones is 2. The van der Waals surface area contributed by atoms with Crippen molar-refractivity contribution in [2.24, 2.45) is 11.3 Å². The molecule has 2 saturated carbocycles. The van der Waals surface area contributed by atoms with Crippen LogP contribution in [0.15, 0.2) is 0 Å². The largest absolute Gasteiger partial charge is 0.489 e. The van der Waals surface area contributed by atoms with Crippen LogP contribution in [-0.2, 0) is 14.3 Å².